The Morgan fingerprint density at radius 3 is 1.66 bits per heavy atom. The summed E-state index contributed by atoms with van der Waals surface area (Å²) in [6.45, 7) is 6.17. The van der Waals surface area contributed by atoms with Crippen molar-refractivity contribution < 1.29 is 14.3 Å². The number of carbonyl (C=O) groups is 1. The first-order valence-electron chi connectivity index (χ1n) is 12.4. The normalized spacial score (nSPS) is 20.8. The Hall–Kier alpha value is -2.99. The van der Waals surface area contributed by atoms with E-state index in [0.29, 0.717) is 6.42 Å². The second-order valence-corrected chi connectivity index (χ2v) is 9.72. The second-order valence-electron chi connectivity index (χ2n) is 9.72. The first-order valence-corrected chi connectivity index (χ1v) is 12.4. The van der Waals surface area contributed by atoms with Gasteiger partial charge in [-0.2, -0.15) is 0 Å². The summed E-state index contributed by atoms with van der Waals surface area (Å²) in [6, 6.07) is 30.8. The number of hydrogen-bond acceptors (Lipinski definition) is 4. The van der Waals surface area contributed by atoms with E-state index in [1.165, 1.54) is 11.1 Å². The van der Waals surface area contributed by atoms with E-state index in [4.69, 9.17) is 9.47 Å². The third kappa shape index (κ3) is 7.25. The molecule has 184 valence electrons. The van der Waals surface area contributed by atoms with Gasteiger partial charge in [0.05, 0.1) is 6.04 Å². The van der Waals surface area contributed by atoms with Crippen LogP contribution in [0.3, 0.4) is 0 Å². The predicted octanol–water partition coefficient (Wildman–Crippen LogP) is 4.66. The van der Waals surface area contributed by atoms with Crippen molar-refractivity contribution in [1.29, 1.82) is 0 Å². The fourth-order valence-corrected chi connectivity index (χ4v) is 4.84. The maximum Gasteiger partial charge on any atom is 0.217 e. The van der Waals surface area contributed by atoms with Gasteiger partial charge in [0, 0.05) is 19.5 Å². The van der Waals surface area contributed by atoms with Crippen LogP contribution in [0.2, 0.25) is 0 Å². The Morgan fingerprint density at radius 1 is 0.743 bits per heavy atom. The van der Waals surface area contributed by atoms with E-state index >= 15 is 0 Å². The Bertz CT molecular complexity index is 1060. The van der Waals surface area contributed by atoms with E-state index < -0.39 is 5.79 Å². The summed E-state index contributed by atoms with van der Waals surface area (Å²) in [5, 5.41) is 6.91. The second kappa shape index (κ2) is 11.6. The van der Waals surface area contributed by atoms with Gasteiger partial charge in [0.2, 0.25) is 5.91 Å². The minimum Gasteiger partial charge on any atom is -0.351 e. The maximum absolute atomic E-state index is 12.2. The molecule has 35 heavy (non-hydrogen) atoms. The van der Waals surface area contributed by atoms with E-state index in [1.54, 1.807) is 6.92 Å². The highest BCUT2D eigenvalue weighted by atomic mass is 16.8. The Kier molecular flexibility index (Phi) is 8.34. The van der Waals surface area contributed by atoms with Crippen LogP contribution < -0.4 is 10.6 Å². The average molecular weight is 473 g/mol. The lowest BCUT2D eigenvalue weighted by atomic mass is 9.91. The van der Waals surface area contributed by atoms with E-state index in [1.807, 2.05) is 44.2 Å². The van der Waals surface area contributed by atoms with Gasteiger partial charge in [-0.05, 0) is 43.4 Å². The molecular weight excluding hydrogens is 436 g/mol. The van der Waals surface area contributed by atoms with Crippen LogP contribution in [0.5, 0.6) is 0 Å². The summed E-state index contributed by atoms with van der Waals surface area (Å²) in [5.41, 5.74) is 3.59. The topological polar surface area (TPSA) is 59.6 Å². The van der Waals surface area contributed by atoms with Crippen molar-refractivity contribution in [1.82, 2.24) is 10.6 Å². The third-order valence-corrected chi connectivity index (χ3v) is 6.35. The molecule has 5 nitrogen and oxygen atoms in total. The largest absolute Gasteiger partial charge is 0.351 e. The standard InChI is InChI=1S/C30H36N2O3/c1-22(33)32-27(20-24-15-9-5-10-16-24)29-28(34-30(2,3)35-29)26(19-23-13-7-4-8-14-23)31-21-25-17-11-6-12-18-25/h4-18,26-29,31H,19-21H2,1-3H3,(H,32,33)/t26-,27-,28+,29+/m1/s1. The molecule has 0 unspecified atom stereocenters. The fourth-order valence-electron chi connectivity index (χ4n) is 4.84. The molecule has 0 aromatic heterocycles. The number of carbonyl (C=O) groups excluding carboxylic acids is 1. The number of ether oxygens (including phenoxy) is 2. The zero-order valence-corrected chi connectivity index (χ0v) is 20.8. The molecule has 0 radical (unpaired) electrons. The molecule has 2 N–H and O–H groups in total. The van der Waals surface area contributed by atoms with Gasteiger partial charge in [-0.25, -0.2) is 0 Å². The number of amides is 1. The Balaban J connectivity index is 1.62. The molecule has 1 saturated heterocycles. The quantitative estimate of drug-likeness (QED) is 0.451. The molecule has 0 spiro atoms. The Labute approximate surface area is 208 Å². The molecule has 3 aromatic rings. The van der Waals surface area contributed by atoms with E-state index in [9.17, 15) is 4.79 Å². The van der Waals surface area contributed by atoms with Gasteiger partial charge in [-0.1, -0.05) is 91.0 Å². The van der Waals surface area contributed by atoms with Crippen molar-refractivity contribution >= 4 is 5.91 Å². The molecule has 1 fully saturated rings. The van der Waals surface area contributed by atoms with Gasteiger partial charge in [0.1, 0.15) is 12.2 Å². The van der Waals surface area contributed by atoms with Crippen molar-refractivity contribution in [2.24, 2.45) is 0 Å². The highest BCUT2D eigenvalue weighted by Gasteiger charge is 2.48. The average Bonchev–Trinajstić information content (AvgIpc) is 3.18. The molecule has 1 amide bonds. The summed E-state index contributed by atoms with van der Waals surface area (Å²) in [6.07, 6.45) is 0.880. The predicted molar refractivity (Wildman–Crippen MR) is 139 cm³/mol. The summed E-state index contributed by atoms with van der Waals surface area (Å²) >= 11 is 0. The lowest BCUT2D eigenvalue weighted by Crippen LogP contribution is -2.54. The summed E-state index contributed by atoms with van der Waals surface area (Å²) in [4.78, 5) is 12.2. The first-order chi connectivity index (χ1) is 16.9. The number of nitrogens with one attached hydrogen (secondary N) is 2. The molecule has 1 aliphatic rings. The fraction of sp³-hybridized carbons (Fsp3) is 0.367. The van der Waals surface area contributed by atoms with Crippen LogP contribution in [0.25, 0.3) is 0 Å². The van der Waals surface area contributed by atoms with Gasteiger partial charge < -0.3 is 20.1 Å². The third-order valence-electron chi connectivity index (χ3n) is 6.35. The molecule has 4 atom stereocenters. The molecule has 1 heterocycles. The van der Waals surface area contributed by atoms with Gasteiger partial charge in [-0.15, -0.1) is 0 Å². The number of benzene rings is 3. The molecule has 1 aliphatic heterocycles. The van der Waals surface area contributed by atoms with Crippen LogP contribution in [0.15, 0.2) is 91.0 Å². The summed E-state index contributed by atoms with van der Waals surface area (Å²) in [5.74, 6) is -0.832. The molecule has 0 bridgehead atoms. The number of hydrogen-bond donors (Lipinski definition) is 2. The van der Waals surface area contributed by atoms with Gasteiger partial charge in [0.25, 0.3) is 0 Å². The minimum atomic E-state index is -0.758. The molecule has 5 heteroatoms. The molecule has 3 aromatic carbocycles. The zero-order chi connectivity index (χ0) is 24.7. The summed E-state index contributed by atoms with van der Waals surface area (Å²) in [7, 11) is 0. The smallest absolute Gasteiger partial charge is 0.217 e. The first kappa shape index (κ1) is 25.1. The van der Waals surface area contributed by atoms with Gasteiger partial charge >= 0.3 is 0 Å². The van der Waals surface area contributed by atoms with Crippen LogP contribution in [0.4, 0.5) is 0 Å². The van der Waals surface area contributed by atoms with Crippen LogP contribution >= 0.6 is 0 Å². The van der Waals surface area contributed by atoms with Gasteiger partial charge in [-0.3, -0.25) is 4.79 Å². The van der Waals surface area contributed by atoms with Crippen molar-refractivity contribution in [2.45, 2.75) is 70.2 Å². The van der Waals surface area contributed by atoms with Crippen molar-refractivity contribution in [2.75, 3.05) is 0 Å². The van der Waals surface area contributed by atoms with Gasteiger partial charge in [0.15, 0.2) is 5.79 Å². The minimum absolute atomic E-state index is 0.0172. The SMILES string of the molecule is CC(=O)N[C@H](Cc1ccccc1)[C@@H]1OC(C)(C)O[C@H]1[C@@H](Cc1ccccc1)NCc1ccccc1. The molecule has 4 rings (SSSR count). The highest BCUT2D eigenvalue weighted by Crippen LogP contribution is 2.34. The van der Waals surface area contributed by atoms with Crippen LogP contribution in [-0.2, 0) is 33.7 Å². The lowest BCUT2D eigenvalue weighted by molar-refractivity contribution is -0.151. The van der Waals surface area contributed by atoms with E-state index in [0.717, 1.165) is 18.5 Å². The van der Waals surface area contributed by atoms with Crippen LogP contribution in [0, 0.1) is 0 Å². The van der Waals surface area contributed by atoms with E-state index in [-0.39, 0.29) is 30.2 Å². The zero-order valence-electron chi connectivity index (χ0n) is 20.8. The van der Waals surface area contributed by atoms with Crippen molar-refractivity contribution in [3.63, 3.8) is 0 Å². The molecule has 0 saturated carbocycles. The van der Waals surface area contributed by atoms with Crippen molar-refractivity contribution in [3.8, 4) is 0 Å². The monoisotopic (exact) mass is 472 g/mol. The number of rotatable bonds is 10. The van der Waals surface area contributed by atoms with Crippen LogP contribution in [-0.4, -0.2) is 36.0 Å². The van der Waals surface area contributed by atoms with Crippen molar-refractivity contribution in [3.05, 3.63) is 108 Å². The molecular formula is C30H36N2O3. The maximum atomic E-state index is 12.2. The Morgan fingerprint density at radius 2 is 1.17 bits per heavy atom. The lowest BCUT2D eigenvalue weighted by Gasteiger charge is -2.32. The summed E-state index contributed by atoms with van der Waals surface area (Å²) < 4.78 is 13.0. The van der Waals surface area contributed by atoms with Crippen LogP contribution in [0.1, 0.15) is 37.5 Å². The van der Waals surface area contributed by atoms with E-state index in [2.05, 4.69) is 71.3 Å². The highest BCUT2D eigenvalue weighted by molar-refractivity contribution is 5.73. The molecule has 0 aliphatic carbocycles.